The number of hydrogen-bond acceptors (Lipinski definition) is 3. The number of carbonyl (C=O) groups excluding carboxylic acids is 1. The van der Waals surface area contributed by atoms with Crippen molar-refractivity contribution in [1.82, 2.24) is 0 Å². The van der Waals surface area contributed by atoms with Crippen molar-refractivity contribution in [3.63, 3.8) is 0 Å². The van der Waals surface area contributed by atoms with Crippen molar-refractivity contribution in [2.24, 2.45) is 0 Å². The zero-order valence-corrected chi connectivity index (χ0v) is 11.6. The lowest BCUT2D eigenvalue weighted by atomic mass is 10.0. The van der Waals surface area contributed by atoms with E-state index in [4.69, 9.17) is 4.74 Å². The van der Waals surface area contributed by atoms with Crippen LogP contribution in [0, 0.1) is 6.92 Å². The van der Waals surface area contributed by atoms with Crippen molar-refractivity contribution in [2.45, 2.75) is 26.7 Å². The molecule has 18 heavy (non-hydrogen) atoms. The highest BCUT2D eigenvalue weighted by Gasteiger charge is 2.07. The average molecular weight is 260 g/mol. The normalized spacial score (nSPS) is 10.7. The van der Waals surface area contributed by atoms with Crippen molar-refractivity contribution < 1.29 is 9.53 Å². The van der Waals surface area contributed by atoms with Crippen molar-refractivity contribution >= 4 is 17.6 Å². The van der Waals surface area contributed by atoms with Gasteiger partial charge in [-0.15, -0.1) is 0 Å². The summed E-state index contributed by atoms with van der Waals surface area (Å²) in [7, 11) is 0. The zero-order valence-electron chi connectivity index (χ0n) is 10.8. The molecule has 0 spiro atoms. The quantitative estimate of drug-likeness (QED) is 0.739. The van der Waals surface area contributed by atoms with E-state index in [9.17, 15) is 4.79 Å². The number of carbonyl (C=O) groups is 1. The molecule has 0 amide bonds. The molecule has 1 heterocycles. The Labute approximate surface area is 111 Å². The second-order valence-electron chi connectivity index (χ2n) is 4.56. The fourth-order valence-electron chi connectivity index (χ4n) is 1.65. The van der Waals surface area contributed by atoms with Crippen molar-refractivity contribution in [2.75, 3.05) is 0 Å². The number of ether oxygens (including phenoxy) is 1. The second-order valence-corrected chi connectivity index (χ2v) is 5.63. The largest absolute Gasteiger partial charge is 0.446 e. The molecule has 0 aliphatic heterocycles. The highest BCUT2D eigenvalue weighted by Crippen LogP contribution is 2.32. The Morgan fingerprint density at radius 2 is 2.00 bits per heavy atom. The number of hydrogen-bond donors (Lipinski definition) is 0. The van der Waals surface area contributed by atoms with Crippen LogP contribution in [0.4, 0.5) is 0 Å². The minimum Gasteiger partial charge on any atom is -0.446 e. The van der Waals surface area contributed by atoms with E-state index in [-0.39, 0.29) is 0 Å². The lowest BCUT2D eigenvalue weighted by molar-refractivity contribution is 0.112. The molecular weight excluding hydrogens is 244 g/mol. The van der Waals surface area contributed by atoms with E-state index in [1.165, 1.54) is 16.9 Å². The lowest BCUT2D eigenvalue weighted by Crippen LogP contribution is -1.91. The van der Waals surface area contributed by atoms with Gasteiger partial charge in [0.25, 0.3) is 0 Å². The Morgan fingerprint density at radius 3 is 2.61 bits per heavy atom. The maximum absolute atomic E-state index is 10.6. The molecule has 2 nitrogen and oxygen atoms in total. The molecule has 0 atom stereocenters. The molecule has 1 aromatic carbocycles. The maximum atomic E-state index is 10.6. The average Bonchev–Trinajstić information content (AvgIpc) is 2.79. The number of aryl methyl sites for hydroxylation is 1. The van der Waals surface area contributed by atoms with E-state index in [0.717, 1.165) is 22.7 Å². The van der Waals surface area contributed by atoms with Crippen LogP contribution < -0.4 is 4.74 Å². The summed E-state index contributed by atoms with van der Waals surface area (Å²) in [5, 5.41) is 0.751. The van der Waals surface area contributed by atoms with Crippen LogP contribution in [0.15, 0.2) is 30.3 Å². The summed E-state index contributed by atoms with van der Waals surface area (Å²) in [5.74, 6) is 1.34. The molecule has 0 fully saturated rings. The monoisotopic (exact) mass is 260 g/mol. The van der Waals surface area contributed by atoms with Crippen LogP contribution in [0.3, 0.4) is 0 Å². The SMILES string of the molecule is Cc1ccc(C(C)C)cc1Oc1ccc(C=O)s1. The van der Waals surface area contributed by atoms with Gasteiger partial charge in [0.2, 0.25) is 0 Å². The summed E-state index contributed by atoms with van der Waals surface area (Å²) < 4.78 is 5.84. The molecule has 2 rings (SSSR count). The molecule has 1 aromatic heterocycles. The Bertz CT molecular complexity index is 555. The molecule has 94 valence electrons. The third-order valence-electron chi connectivity index (χ3n) is 2.81. The summed E-state index contributed by atoms with van der Waals surface area (Å²) in [4.78, 5) is 11.3. The van der Waals surface area contributed by atoms with Gasteiger partial charge in [-0.1, -0.05) is 37.3 Å². The van der Waals surface area contributed by atoms with Crippen LogP contribution >= 0.6 is 11.3 Å². The van der Waals surface area contributed by atoms with Gasteiger partial charge in [0.15, 0.2) is 11.3 Å². The first kappa shape index (κ1) is 12.8. The molecule has 0 saturated carbocycles. The fraction of sp³-hybridized carbons (Fsp3) is 0.267. The van der Waals surface area contributed by atoms with Crippen molar-refractivity contribution in [3.8, 4) is 10.8 Å². The van der Waals surface area contributed by atoms with Crippen LogP contribution in [-0.4, -0.2) is 6.29 Å². The first-order chi connectivity index (χ1) is 8.60. The summed E-state index contributed by atoms with van der Waals surface area (Å²) in [5.41, 5.74) is 2.35. The zero-order chi connectivity index (χ0) is 13.1. The molecule has 0 N–H and O–H groups in total. The highest BCUT2D eigenvalue weighted by molar-refractivity contribution is 7.15. The van der Waals surface area contributed by atoms with Gasteiger partial charge in [-0.05, 0) is 42.2 Å². The number of thiophene rings is 1. The molecule has 0 aliphatic rings. The number of rotatable bonds is 4. The smallest absolute Gasteiger partial charge is 0.181 e. The molecular formula is C15H16O2S. The van der Waals surface area contributed by atoms with Gasteiger partial charge < -0.3 is 4.74 Å². The Kier molecular flexibility index (Phi) is 3.82. The van der Waals surface area contributed by atoms with Gasteiger partial charge in [0.05, 0.1) is 4.88 Å². The summed E-state index contributed by atoms with van der Waals surface area (Å²) >= 11 is 1.36. The molecule has 2 aromatic rings. The van der Waals surface area contributed by atoms with E-state index in [1.807, 2.05) is 13.0 Å². The fourth-order valence-corrected chi connectivity index (χ4v) is 2.33. The lowest BCUT2D eigenvalue weighted by Gasteiger charge is -2.11. The molecule has 0 bridgehead atoms. The molecule has 3 heteroatoms. The number of aldehydes is 1. The van der Waals surface area contributed by atoms with E-state index in [0.29, 0.717) is 10.8 Å². The minimum atomic E-state index is 0.474. The van der Waals surface area contributed by atoms with Gasteiger partial charge >= 0.3 is 0 Å². The Morgan fingerprint density at radius 1 is 1.22 bits per heavy atom. The minimum absolute atomic E-state index is 0.474. The predicted molar refractivity (Wildman–Crippen MR) is 75.0 cm³/mol. The summed E-state index contributed by atoms with van der Waals surface area (Å²) in [6.07, 6.45) is 0.842. The maximum Gasteiger partial charge on any atom is 0.181 e. The van der Waals surface area contributed by atoms with Crippen LogP contribution in [0.25, 0.3) is 0 Å². The standard InChI is InChI=1S/C15H16O2S/c1-10(2)12-5-4-11(3)14(8-12)17-15-7-6-13(9-16)18-15/h4-10H,1-3H3. The first-order valence-corrected chi connectivity index (χ1v) is 6.75. The molecule has 0 radical (unpaired) electrons. The molecule has 0 saturated heterocycles. The second kappa shape index (κ2) is 5.36. The van der Waals surface area contributed by atoms with Crippen LogP contribution in [-0.2, 0) is 0 Å². The predicted octanol–water partition coefficient (Wildman–Crippen LogP) is 4.78. The number of benzene rings is 1. The molecule has 0 aliphatic carbocycles. The van der Waals surface area contributed by atoms with E-state index in [1.54, 1.807) is 6.07 Å². The van der Waals surface area contributed by atoms with Crippen molar-refractivity contribution in [1.29, 1.82) is 0 Å². The van der Waals surface area contributed by atoms with Gasteiger partial charge in [-0.3, -0.25) is 4.79 Å². The van der Waals surface area contributed by atoms with Gasteiger partial charge in [0.1, 0.15) is 5.75 Å². The molecule has 0 unspecified atom stereocenters. The Hall–Kier alpha value is -1.61. The van der Waals surface area contributed by atoms with Crippen molar-refractivity contribution in [3.05, 3.63) is 46.3 Å². The van der Waals surface area contributed by atoms with Gasteiger partial charge in [-0.2, -0.15) is 0 Å². The summed E-state index contributed by atoms with van der Waals surface area (Å²) in [6, 6.07) is 9.86. The van der Waals surface area contributed by atoms with Crippen LogP contribution in [0.1, 0.15) is 40.6 Å². The van der Waals surface area contributed by atoms with Gasteiger partial charge in [-0.25, -0.2) is 0 Å². The first-order valence-electron chi connectivity index (χ1n) is 5.93. The van der Waals surface area contributed by atoms with Crippen LogP contribution in [0.2, 0.25) is 0 Å². The van der Waals surface area contributed by atoms with Gasteiger partial charge in [0, 0.05) is 0 Å². The van der Waals surface area contributed by atoms with E-state index >= 15 is 0 Å². The highest BCUT2D eigenvalue weighted by atomic mass is 32.1. The topological polar surface area (TPSA) is 26.3 Å². The summed E-state index contributed by atoms with van der Waals surface area (Å²) in [6.45, 7) is 6.34. The van der Waals surface area contributed by atoms with E-state index < -0.39 is 0 Å². The Balaban J connectivity index is 2.27. The van der Waals surface area contributed by atoms with E-state index in [2.05, 4.69) is 32.0 Å². The third-order valence-corrected chi connectivity index (χ3v) is 3.70. The third kappa shape index (κ3) is 2.79. The van der Waals surface area contributed by atoms with Crippen LogP contribution in [0.5, 0.6) is 10.8 Å².